The van der Waals surface area contributed by atoms with Gasteiger partial charge in [-0.25, -0.2) is 10.9 Å². The Labute approximate surface area is 198 Å². The number of hydrogen-bond donors (Lipinski definition) is 4. The maximum absolute atomic E-state index is 11.8. The molecule has 0 bridgehead atoms. The van der Waals surface area contributed by atoms with Gasteiger partial charge in [-0.15, -0.1) is 0 Å². The van der Waals surface area contributed by atoms with E-state index in [1.54, 1.807) is 12.1 Å². The normalized spacial score (nSPS) is 10.9. The first-order chi connectivity index (χ1) is 14.3. The average molecular weight is 638 g/mol. The number of hydrogen-bond acceptors (Lipinski definition) is 8. The number of carbonyl (C=O) groups is 2. The highest BCUT2D eigenvalue weighted by Gasteiger charge is 2.12. The lowest BCUT2D eigenvalue weighted by molar-refractivity contribution is -0.139. The van der Waals surface area contributed by atoms with Crippen molar-refractivity contribution < 1.29 is 29.3 Å². The molecule has 158 valence electrons. The molecule has 4 N–H and O–H groups in total. The van der Waals surface area contributed by atoms with Gasteiger partial charge >= 0.3 is 11.8 Å². The van der Waals surface area contributed by atoms with Gasteiger partial charge in [0.25, 0.3) is 0 Å². The van der Waals surface area contributed by atoms with Crippen molar-refractivity contribution in [2.75, 3.05) is 14.2 Å². The van der Waals surface area contributed by atoms with Crippen molar-refractivity contribution in [1.29, 1.82) is 0 Å². The van der Waals surface area contributed by atoms with E-state index < -0.39 is 11.8 Å². The molecule has 2 amide bonds. The molecule has 0 saturated heterocycles. The Hall–Kier alpha value is -2.62. The second-order valence-electron chi connectivity index (χ2n) is 5.51. The van der Waals surface area contributed by atoms with Gasteiger partial charge < -0.3 is 19.7 Å². The fourth-order valence-electron chi connectivity index (χ4n) is 2.08. The van der Waals surface area contributed by atoms with Crippen molar-refractivity contribution in [3.63, 3.8) is 0 Å². The summed E-state index contributed by atoms with van der Waals surface area (Å²) in [5.74, 6) is -1.55. The molecule has 0 spiro atoms. The number of ether oxygens (including phenoxy) is 2. The number of hydrazone groups is 2. The molecule has 0 radical (unpaired) electrons. The molecule has 12 heteroatoms. The first-order valence-corrected chi connectivity index (χ1v) is 10.2. The smallest absolute Gasteiger partial charge is 0.331 e. The van der Waals surface area contributed by atoms with Gasteiger partial charge in [0.05, 0.1) is 33.8 Å². The second-order valence-corrected chi connectivity index (χ2v) is 7.83. The summed E-state index contributed by atoms with van der Waals surface area (Å²) in [6.45, 7) is 0. The summed E-state index contributed by atoms with van der Waals surface area (Å²) in [5.41, 5.74) is 5.23. The predicted octanol–water partition coefficient (Wildman–Crippen LogP) is 1.92. The number of carbonyl (C=O) groups excluding carboxylic acids is 2. The van der Waals surface area contributed by atoms with Crippen LogP contribution >= 0.6 is 45.2 Å². The zero-order chi connectivity index (χ0) is 22.3. The van der Waals surface area contributed by atoms with E-state index in [1.807, 2.05) is 45.2 Å². The van der Waals surface area contributed by atoms with E-state index in [0.717, 1.165) is 0 Å². The molecule has 2 rings (SSSR count). The van der Waals surface area contributed by atoms with Crippen LogP contribution in [-0.2, 0) is 9.59 Å². The lowest BCUT2D eigenvalue weighted by Gasteiger charge is -2.06. The first-order valence-electron chi connectivity index (χ1n) is 8.06. The van der Waals surface area contributed by atoms with Crippen LogP contribution in [0.4, 0.5) is 0 Å². The zero-order valence-corrected chi connectivity index (χ0v) is 20.0. The number of phenols is 2. The minimum Gasteiger partial charge on any atom is -0.504 e. The molecule has 0 fully saturated rings. The maximum Gasteiger partial charge on any atom is 0.331 e. The van der Waals surface area contributed by atoms with E-state index in [9.17, 15) is 19.8 Å². The number of amides is 2. The van der Waals surface area contributed by atoms with Crippen LogP contribution in [0.15, 0.2) is 34.5 Å². The third-order valence-corrected chi connectivity index (χ3v) is 5.15. The highest BCUT2D eigenvalue weighted by atomic mass is 127. The van der Waals surface area contributed by atoms with Crippen LogP contribution < -0.4 is 20.3 Å². The standard InChI is InChI=1S/C18H16I2N4O6/c1-29-13-5-9(3-11(19)15(13)25)7-21-23-17(27)18(28)24-22-8-10-4-12(20)16(26)14(6-10)30-2/h3-8,25-26H,1-2H3,(H,23,27)(H,24,28)/b21-7+,22-8+. The van der Waals surface area contributed by atoms with Crippen LogP contribution in [0.5, 0.6) is 23.0 Å². The summed E-state index contributed by atoms with van der Waals surface area (Å²) in [5, 5.41) is 27.0. The first kappa shape index (κ1) is 23.7. The summed E-state index contributed by atoms with van der Waals surface area (Å²) in [6, 6.07) is 6.27. The van der Waals surface area contributed by atoms with Crippen molar-refractivity contribution in [2.45, 2.75) is 0 Å². The molecule has 0 heterocycles. The number of halogens is 2. The molecule has 0 aliphatic rings. The van der Waals surface area contributed by atoms with E-state index in [0.29, 0.717) is 18.3 Å². The Balaban J connectivity index is 1.95. The van der Waals surface area contributed by atoms with Crippen LogP contribution in [-0.4, -0.2) is 48.7 Å². The lowest BCUT2D eigenvalue weighted by atomic mass is 10.2. The van der Waals surface area contributed by atoms with Crippen molar-refractivity contribution >= 4 is 69.4 Å². The Morgan fingerprint density at radius 1 is 0.833 bits per heavy atom. The topological polar surface area (TPSA) is 142 Å². The average Bonchev–Trinajstić information content (AvgIpc) is 2.72. The highest BCUT2D eigenvalue weighted by Crippen LogP contribution is 2.32. The van der Waals surface area contributed by atoms with Crippen molar-refractivity contribution in [3.8, 4) is 23.0 Å². The molecule has 30 heavy (non-hydrogen) atoms. The number of phenolic OH excluding ortho intramolecular Hbond substituents is 2. The number of methoxy groups -OCH3 is 2. The van der Waals surface area contributed by atoms with E-state index >= 15 is 0 Å². The van der Waals surface area contributed by atoms with E-state index in [2.05, 4.69) is 21.1 Å². The number of aromatic hydroxyl groups is 2. The summed E-state index contributed by atoms with van der Waals surface area (Å²) < 4.78 is 11.1. The largest absolute Gasteiger partial charge is 0.504 e. The number of rotatable bonds is 6. The Bertz CT molecular complexity index is 945. The van der Waals surface area contributed by atoms with Gasteiger partial charge in [-0.3, -0.25) is 9.59 Å². The molecule has 10 nitrogen and oxygen atoms in total. The SMILES string of the molecule is COc1cc(/C=N/NC(=O)C(=O)N/N=C/c2cc(I)c(O)c(OC)c2)cc(I)c1O. The molecular weight excluding hydrogens is 622 g/mol. The van der Waals surface area contributed by atoms with Gasteiger partial charge in [-0.1, -0.05) is 0 Å². The molecule has 0 aliphatic carbocycles. The van der Waals surface area contributed by atoms with Crippen LogP contribution in [0.3, 0.4) is 0 Å². The van der Waals surface area contributed by atoms with Gasteiger partial charge in [-0.2, -0.15) is 10.2 Å². The Morgan fingerprint density at radius 2 is 1.20 bits per heavy atom. The van der Waals surface area contributed by atoms with E-state index in [4.69, 9.17) is 9.47 Å². The monoisotopic (exact) mass is 638 g/mol. The van der Waals surface area contributed by atoms with E-state index in [1.165, 1.54) is 38.8 Å². The third kappa shape index (κ3) is 6.19. The quantitative estimate of drug-likeness (QED) is 0.165. The van der Waals surface area contributed by atoms with Crippen LogP contribution in [0.1, 0.15) is 11.1 Å². The summed E-state index contributed by atoms with van der Waals surface area (Å²) in [4.78, 5) is 23.6. The van der Waals surface area contributed by atoms with Crippen molar-refractivity contribution in [1.82, 2.24) is 10.9 Å². The minimum atomic E-state index is -1.03. The fourth-order valence-corrected chi connectivity index (χ4v) is 3.33. The molecular formula is C18H16I2N4O6. The predicted molar refractivity (Wildman–Crippen MR) is 126 cm³/mol. The summed E-state index contributed by atoms with van der Waals surface area (Å²) in [7, 11) is 2.82. The van der Waals surface area contributed by atoms with Crippen LogP contribution in [0.25, 0.3) is 0 Å². The van der Waals surface area contributed by atoms with Gasteiger partial charge in [0, 0.05) is 0 Å². The molecule has 0 saturated carbocycles. The number of nitrogens with zero attached hydrogens (tertiary/aromatic N) is 2. The van der Waals surface area contributed by atoms with Gasteiger partial charge in [0.1, 0.15) is 0 Å². The Morgan fingerprint density at radius 3 is 1.53 bits per heavy atom. The van der Waals surface area contributed by atoms with E-state index in [-0.39, 0.29) is 23.0 Å². The van der Waals surface area contributed by atoms with Crippen LogP contribution in [0.2, 0.25) is 0 Å². The highest BCUT2D eigenvalue weighted by molar-refractivity contribution is 14.1. The molecule has 2 aromatic carbocycles. The van der Waals surface area contributed by atoms with Crippen molar-refractivity contribution in [2.24, 2.45) is 10.2 Å². The minimum absolute atomic E-state index is 0.00235. The number of nitrogens with one attached hydrogen (secondary N) is 2. The molecule has 0 unspecified atom stereocenters. The van der Waals surface area contributed by atoms with Gasteiger partial charge in [0.2, 0.25) is 0 Å². The molecule has 0 atom stereocenters. The second kappa shape index (κ2) is 11.0. The van der Waals surface area contributed by atoms with Crippen molar-refractivity contribution in [3.05, 3.63) is 42.5 Å². The number of benzene rings is 2. The maximum atomic E-state index is 11.8. The molecule has 2 aromatic rings. The summed E-state index contributed by atoms with van der Waals surface area (Å²) in [6.07, 6.45) is 2.59. The Kier molecular flexibility index (Phi) is 8.64. The molecule has 0 aliphatic heterocycles. The molecule has 0 aromatic heterocycles. The zero-order valence-electron chi connectivity index (χ0n) is 15.6. The third-order valence-electron chi connectivity index (χ3n) is 3.51. The van der Waals surface area contributed by atoms with Gasteiger partial charge in [-0.05, 0) is 80.6 Å². The van der Waals surface area contributed by atoms with Gasteiger partial charge in [0.15, 0.2) is 23.0 Å². The van der Waals surface area contributed by atoms with Crippen LogP contribution in [0, 0.1) is 7.14 Å². The summed E-state index contributed by atoms with van der Waals surface area (Å²) >= 11 is 3.84. The lowest BCUT2D eigenvalue weighted by Crippen LogP contribution is -2.35. The fraction of sp³-hybridized carbons (Fsp3) is 0.111.